The first-order valence-electron chi connectivity index (χ1n) is 8.46. The zero-order valence-corrected chi connectivity index (χ0v) is 14.9. The Morgan fingerprint density at radius 3 is 2.19 bits per heavy atom. The minimum atomic E-state index is -0.342. The average Bonchev–Trinajstić information content (AvgIpc) is 2.69. The number of likely N-dealkylation sites (N-methyl/N-ethyl adjacent to an activating group) is 1. The minimum absolute atomic E-state index is 0.201. The normalized spacial score (nSPS) is 10.7. The number of amides is 2. The molecule has 1 N–H and O–H groups in total. The molecule has 0 bridgehead atoms. The van der Waals surface area contributed by atoms with Crippen LogP contribution in [0.5, 0.6) is 0 Å². The van der Waals surface area contributed by atoms with Crippen LogP contribution in [0.1, 0.15) is 35.3 Å². The van der Waals surface area contributed by atoms with Gasteiger partial charge >= 0.3 is 0 Å². The first-order valence-corrected chi connectivity index (χ1v) is 8.46. The van der Waals surface area contributed by atoms with Crippen molar-refractivity contribution in [3.8, 4) is 6.07 Å². The summed E-state index contributed by atoms with van der Waals surface area (Å²) in [4.78, 5) is 26.9. The molecule has 2 amide bonds. The molecule has 0 spiro atoms. The highest BCUT2D eigenvalue weighted by Crippen LogP contribution is 2.11. The van der Waals surface area contributed by atoms with Gasteiger partial charge in [-0.25, -0.2) is 0 Å². The Balaban J connectivity index is 2.34. The lowest BCUT2D eigenvalue weighted by atomic mass is 10.1. The predicted octanol–water partition coefficient (Wildman–Crippen LogP) is 3.20. The molecule has 2 aromatic rings. The van der Waals surface area contributed by atoms with E-state index in [1.54, 1.807) is 59.5 Å². The van der Waals surface area contributed by atoms with Crippen molar-refractivity contribution >= 4 is 17.9 Å². The van der Waals surface area contributed by atoms with Gasteiger partial charge in [-0.1, -0.05) is 30.3 Å². The van der Waals surface area contributed by atoms with Gasteiger partial charge in [0.15, 0.2) is 0 Å². The van der Waals surface area contributed by atoms with Gasteiger partial charge in [-0.15, -0.1) is 0 Å². The molecule has 5 heteroatoms. The molecule has 0 unspecified atom stereocenters. The summed E-state index contributed by atoms with van der Waals surface area (Å²) in [5.74, 6) is -0.588. The lowest BCUT2D eigenvalue weighted by Crippen LogP contribution is -2.38. The van der Waals surface area contributed by atoms with Crippen molar-refractivity contribution in [3.63, 3.8) is 0 Å². The van der Waals surface area contributed by atoms with E-state index in [0.717, 1.165) is 5.56 Å². The van der Waals surface area contributed by atoms with Gasteiger partial charge in [-0.3, -0.25) is 9.59 Å². The van der Waals surface area contributed by atoms with Gasteiger partial charge < -0.3 is 10.2 Å². The Kier molecular flexibility index (Phi) is 6.69. The van der Waals surface area contributed by atoms with Gasteiger partial charge in [0.05, 0.1) is 11.6 Å². The van der Waals surface area contributed by atoms with Gasteiger partial charge in [0.25, 0.3) is 11.8 Å². The number of carbonyl (C=O) groups is 2. The third-order valence-electron chi connectivity index (χ3n) is 3.92. The molecule has 0 aliphatic rings. The van der Waals surface area contributed by atoms with Gasteiger partial charge in [0, 0.05) is 18.7 Å². The Morgan fingerprint density at radius 1 is 1.04 bits per heavy atom. The third-order valence-corrected chi connectivity index (χ3v) is 3.92. The summed E-state index contributed by atoms with van der Waals surface area (Å²) < 4.78 is 0. The van der Waals surface area contributed by atoms with E-state index in [2.05, 4.69) is 11.4 Å². The lowest BCUT2D eigenvalue weighted by Gasteiger charge is -2.21. The lowest BCUT2D eigenvalue weighted by molar-refractivity contribution is -0.127. The number of benzene rings is 2. The Labute approximate surface area is 153 Å². The zero-order valence-electron chi connectivity index (χ0n) is 14.9. The van der Waals surface area contributed by atoms with Crippen molar-refractivity contribution in [1.29, 1.82) is 5.26 Å². The first-order chi connectivity index (χ1) is 12.6. The van der Waals surface area contributed by atoms with Crippen molar-refractivity contribution in [1.82, 2.24) is 10.2 Å². The van der Waals surface area contributed by atoms with Crippen LogP contribution in [0.15, 0.2) is 60.3 Å². The number of nitriles is 1. The van der Waals surface area contributed by atoms with E-state index < -0.39 is 0 Å². The highest BCUT2D eigenvalue weighted by Gasteiger charge is 2.18. The molecule has 0 saturated heterocycles. The highest BCUT2D eigenvalue weighted by molar-refractivity contribution is 6.05. The molecule has 0 heterocycles. The molecule has 0 aliphatic carbocycles. The zero-order chi connectivity index (χ0) is 18.9. The van der Waals surface area contributed by atoms with Crippen LogP contribution in [0.3, 0.4) is 0 Å². The summed E-state index contributed by atoms with van der Waals surface area (Å²) >= 11 is 0. The van der Waals surface area contributed by atoms with Crippen molar-refractivity contribution in [2.75, 3.05) is 13.1 Å². The summed E-state index contributed by atoms with van der Waals surface area (Å²) in [6, 6.07) is 17.6. The summed E-state index contributed by atoms with van der Waals surface area (Å²) in [5, 5.41) is 11.6. The van der Waals surface area contributed by atoms with E-state index >= 15 is 0 Å². The second kappa shape index (κ2) is 9.19. The smallest absolute Gasteiger partial charge is 0.270 e. The van der Waals surface area contributed by atoms with E-state index in [1.807, 2.05) is 19.9 Å². The maximum absolute atomic E-state index is 12.8. The maximum atomic E-state index is 12.8. The van der Waals surface area contributed by atoms with Gasteiger partial charge in [-0.2, -0.15) is 5.26 Å². The Morgan fingerprint density at radius 2 is 1.65 bits per heavy atom. The van der Waals surface area contributed by atoms with Crippen molar-refractivity contribution < 1.29 is 9.59 Å². The number of carbonyl (C=O) groups excluding carboxylic acids is 2. The van der Waals surface area contributed by atoms with E-state index in [0.29, 0.717) is 24.2 Å². The molecule has 5 nitrogen and oxygen atoms in total. The third kappa shape index (κ3) is 4.81. The maximum Gasteiger partial charge on any atom is 0.270 e. The van der Waals surface area contributed by atoms with Crippen LogP contribution in [0, 0.1) is 11.3 Å². The molecule has 0 aromatic heterocycles. The number of nitrogens with zero attached hydrogens (tertiary/aromatic N) is 2. The number of rotatable bonds is 6. The second-order valence-electron chi connectivity index (χ2n) is 5.59. The molecule has 0 atom stereocenters. The Bertz CT molecular complexity index is 830. The summed E-state index contributed by atoms with van der Waals surface area (Å²) in [6.45, 7) is 4.86. The van der Waals surface area contributed by atoms with Crippen LogP contribution in [0.2, 0.25) is 0 Å². The molecule has 2 aromatic carbocycles. The average molecular weight is 347 g/mol. The van der Waals surface area contributed by atoms with Crippen molar-refractivity contribution in [3.05, 3.63) is 77.0 Å². The minimum Gasteiger partial charge on any atom is -0.338 e. The number of hydrogen-bond donors (Lipinski definition) is 1. The highest BCUT2D eigenvalue weighted by atomic mass is 16.2. The van der Waals surface area contributed by atoms with Gasteiger partial charge in [0.1, 0.15) is 5.70 Å². The van der Waals surface area contributed by atoms with E-state index in [1.165, 1.54) is 0 Å². The van der Waals surface area contributed by atoms with Crippen LogP contribution < -0.4 is 5.32 Å². The standard InChI is InChI=1S/C21H21N3O2/c1-3-24(4-2)21(26)19(14-16-10-12-17(15-22)13-11-16)23-20(25)18-8-6-5-7-9-18/h5-14H,3-4H2,1-2H3,(H,23,25). The fourth-order valence-electron chi connectivity index (χ4n) is 2.44. The van der Waals surface area contributed by atoms with Crippen LogP contribution in [-0.4, -0.2) is 29.8 Å². The molecular formula is C21H21N3O2. The molecule has 2 rings (SSSR count). The molecule has 26 heavy (non-hydrogen) atoms. The van der Waals surface area contributed by atoms with Crippen LogP contribution in [0.4, 0.5) is 0 Å². The summed E-state index contributed by atoms with van der Waals surface area (Å²) in [7, 11) is 0. The second-order valence-corrected chi connectivity index (χ2v) is 5.59. The van der Waals surface area contributed by atoms with E-state index in [-0.39, 0.29) is 17.5 Å². The number of nitrogens with one attached hydrogen (secondary N) is 1. The quantitative estimate of drug-likeness (QED) is 0.816. The van der Waals surface area contributed by atoms with Crippen LogP contribution in [0.25, 0.3) is 6.08 Å². The summed E-state index contributed by atoms with van der Waals surface area (Å²) in [5.41, 5.74) is 1.94. The Hall–Kier alpha value is -3.39. The predicted molar refractivity (Wildman–Crippen MR) is 101 cm³/mol. The topological polar surface area (TPSA) is 73.2 Å². The molecule has 0 fully saturated rings. The SMILES string of the molecule is CCN(CC)C(=O)C(=Cc1ccc(C#N)cc1)NC(=O)c1ccccc1. The molecule has 0 saturated carbocycles. The largest absolute Gasteiger partial charge is 0.338 e. The van der Waals surface area contributed by atoms with Gasteiger partial charge in [0.2, 0.25) is 0 Å². The van der Waals surface area contributed by atoms with E-state index in [9.17, 15) is 9.59 Å². The van der Waals surface area contributed by atoms with Crippen LogP contribution in [-0.2, 0) is 4.79 Å². The number of hydrogen-bond acceptors (Lipinski definition) is 3. The fraction of sp³-hybridized carbons (Fsp3) is 0.190. The molecule has 132 valence electrons. The summed E-state index contributed by atoms with van der Waals surface area (Å²) in [6.07, 6.45) is 1.63. The van der Waals surface area contributed by atoms with Crippen molar-refractivity contribution in [2.24, 2.45) is 0 Å². The monoisotopic (exact) mass is 347 g/mol. The molecule has 0 aliphatic heterocycles. The first kappa shape index (κ1) is 18.9. The van der Waals surface area contributed by atoms with Gasteiger partial charge in [-0.05, 0) is 49.8 Å². The van der Waals surface area contributed by atoms with Crippen molar-refractivity contribution in [2.45, 2.75) is 13.8 Å². The van der Waals surface area contributed by atoms with Crippen LogP contribution >= 0.6 is 0 Å². The molecular weight excluding hydrogens is 326 g/mol. The molecule has 0 radical (unpaired) electrons. The fourth-order valence-corrected chi connectivity index (χ4v) is 2.44. The van der Waals surface area contributed by atoms with E-state index in [4.69, 9.17) is 5.26 Å².